The van der Waals surface area contributed by atoms with Gasteiger partial charge < -0.3 is 33.7 Å². The van der Waals surface area contributed by atoms with Gasteiger partial charge >= 0.3 is 0 Å². The molecule has 0 aliphatic rings. The normalized spacial score (nSPS) is 11.0. The van der Waals surface area contributed by atoms with Gasteiger partial charge in [-0.25, -0.2) is 4.39 Å². The maximum Gasteiger partial charge on any atom is 0.216 e. The van der Waals surface area contributed by atoms with Gasteiger partial charge in [-0.05, 0) is 6.92 Å². The molecule has 0 aliphatic heterocycles. The van der Waals surface area contributed by atoms with Gasteiger partial charge in [0.05, 0.1) is 79.2 Å². The number of alkyl halides is 1. The van der Waals surface area contributed by atoms with Gasteiger partial charge in [0.2, 0.25) is 5.91 Å². The second-order valence-corrected chi connectivity index (χ2v) is 5.81. The predicted octanol–water partition coefficient (Wildman–Crippen LogP) is 2.45. The number of ketones is 1. The summed E-state index contributed by atoms with van der Waals surface area (Å²) in [5, 5.41) is 2.38. The van der Waals surface area contributed by atoms with Gasteiger partial charge in [0.15, 0.2) is 5.78 Å². The Morgan fingerprint density at radius 1 is 0.688 bits per heavy atom. The van der Waals surface area contributed by atoms with Crippen LogP contribution in [0.15, 0.2) is 0 Å². The molecule has 1 unspecified atom stereocenters. The molecule has 196 valence electrons. The second-order valence-electron chi connectivity index (χ2n) is 5.81. The highest BCUT2D eigenvalue weighted by Crippen LogP contribution is 1.91. The van der Waals surface area contributed by atoms with E-state index in [1.807, 2.05) is 27.7 Å². The van der Waals surface area contributed by atoms with E-state index >= 15 is 0 Å². The maximum absolute atomic E-state index is 13.2. The third-order valence-corrected chi connectivity index (χ3v) is 3.04. The van der Waals surface area contributed by atoms with Crippen LogP contribution in [-0.2, 0) is 38.0 Å². The third kappa shape index (κ3) is 36.2. The molecule has 0 aliphatic carbocycles. The van der Waals surface area contributed by atoms with Crippen LogP contribution in [0.5, 0.6) is 0 Å². The first-order valence-electron chi connectivity index (χ1n) is 11.4. The first-order valence-corrected chi connectivity index (χ1v) is 11.4. The summed E-state index contributed by atoms with van der Waals surface area (Å²) in [6, 6.07) is 0. The highest BCUT2D eigenvalue weighted by Gasteiger charge is 2.06. The Hall–Kier alpha value is -1.17. The van der Waals surface area contributed by atoms with Crippen LogP contribution >= 0.6 is 0 Å². The quantitative estimate of drug-likeness (QED) is 0.254. The van der Waals surface area contributed by atoms with Gasteiger partial charge in [-0.2, -0.15) is 0 Å². The van der Waals surface area contributed by atoms with Gasteiger partial charge in [-0.15, -0.1) is 0 Å². The van der Waals surface area contributed by atoms with Crippen LogP contribution in [0.2, 0.25) is 0 Å². The molecule has 10 heteroatoms. The van der Waals surface area contributed by atoms with Crippen molar-refractivity contribution < 1.29 is 43.8 Å². The fourth-order valence-electron chi connectivity index (χ4n) is 1.74. The van der Waals surface area contributed by atoms with E-state index in [1.54, 1.807) is 0 Å². The van der Waals surface area contributed by atoms with E-state index in [-0.39, 0.29) is 39.5 Å². The standard InChI is InChI=1S/C18H34FNO8.2C2H6.H2/c1-16(21)14-27-11-9-25-7-5-23-3-4-24-6-8-26-10-12-28-15-18(19)13-20-17(2)22;2*1-2;/h18H,3-15H2,1-2H3,(H,20,22);2*1-2H3;1H. The van der Waals surface area contributed by atoms with E-state index < -0.39 is 6.17 Å². The molecule has 9 nitrogen and oxygen atoms in total. The lowest BCUT2D eigenvalue weighted by Gasteiger charge is -2.10. The van der Waals surface area contributed by atoms with Crippen molar-refractivity contribution in [2.45, 2.75) is 47.7 Å². The van der Waals surface area contributed by atoms with Crippen molar-refractivity contribution in [2.75, 3.05) is 85.8 Å². The Labute approximate surface area is 195 Å². The minimum absolute atomic E-state index is 0. The molecule has 0 aromatic carbocycles. The molecule has 0 aromatic heterocycles. The summed E-state index contributed by atoms with van der Waals surface area (Å²) in [7, 11) is 0. The first-order chi connectivity index (χ1) is 15.5. The molecule has 0 radical (unpaired) electrons. The highest BCUT2D eigenvalue weighted by atomic mass is 19.1. The Kier molecular flexibility index (Phi) is 35.4. The number of carbonyl (C=O) groups excluding carboxylic acids is 2. The molecule has 0 spiro atoms. The van der Waals surface area contributed by atoms with Crippen LogP contribution in [0.3, 0.4) is 0 Å². The number of halogens is 1. The number of Topliss-reactive ketones (excluding diaryl/α,β-unsaturated/α-hetero) is 1. The van der Waals surface area contributed by atoms with Crippen molar-refractivity contribution in [3.63, 3.8) is 0 Å². The molecular weight excluding hydrogens is 425 g/mol. The van der Waals surface area contributed by atoms with Crippen LogP contribution in [0, 0.1) is 0 Å². The number of amides is 1. The van der Waals surface area contributed by atoms with Gasteiger partial charge in [-0.1, -0.05) is 27.7 Å². The van der Waals surface area contributed by atoms with Crippen molar-refractivity contribution >= 4 is 11.7 Å². The lowest BCUT2D eigenvalue weighted by atomic mass is 10.4. The van der Waals surface area contributed by atoms with Crippen molar-refractivity contribution in [3.05, 3.63) is 0 Å². The Morgan fingerprint density at radius 2 is 1.03 bits per heavy atom. The molecule has 0 saturated carbocycles. The molecule has 32 heavy (non-hydrogen) atoms. The van der Waals surface area contributed by atoms with E-state index in [9.17, 15) is 14.0 Å². The maximum atomic E-state index is 13.2. The lowest BCUT2D eigenvalue weighted by Crippen LogP contribution is -2.30. The van der Waals surface area contributed by atoms with Gasteiger partial charge in [0.25, 0.3) is 0 Å². The van der Waals surface area contributed by atoms with Crippen LogP contribution in [0.1, 0.15) is 43.0 Å². The Bertz CT molecular complexity index is 395. The lowest BCUT2D eigenvalue weighted by molar-refractivity contribution is -0.122. The average Bonchev–Trinajstić information content (AvgIpc) is 2.79. The zero-order chi connectivity index (χ0) is 24.9. The largest absolute Gasteiger partial charge is 0.377 e. The number of ether oxygens (including phenoxy) is 6. The fourth-order valence-corrected chi connectivity index (χ4v) is 1.74. The second kappa shape index (κ2) is 32.0. The first kappa shape index (κ1) is 35.4. The SMILES string of the molecule is CC.CC.CC(=O)COCCOCCOCCOCCOCCOCC(F)CNC(C)=O.[HH]. The minimum atomic E-state index is -1.22. The average molecular weight is 474 g/mol. The zero-order valence-corrected chi connectivity index (χ0v) is 20.9. The number of nitrogens with one attached hydrogen (secondary N) is 1. The van der Waals surface area contributed by atoms with Crippen molar-refractivity contribution in [3.8, 4) is 0 Å². The number of hydrogen-bond acceptors (Lipinski definition) is 8. The summed E-state index contributed by atoms with van der Waals surface area (Å²) in [6.45, 7) is 14.9. The monoisotopic (exact) mass is 473 g/mol. The highest BCUT2D eigenvalue weighted by molar-refractivity contribution is 5.76. The van der Waals surface area contributed by atoms with Crippen LogP contribution in [0.4, 0.5) is 4.39 Å². The molecule has 0 heterocycles. The van der Waals surface area contributed by atoms with Crippen molar-refractivity contribution in [1.82, 2.24) is 5.32 Å². The summed E-state index contributed by atoms with van der Waals surface area (Å²) in [4.78, 5) is 21.3. The number of hydrogen-bond donors (Lipinski definition) is 1. The topological polar surface area (TPSA) is 102 Å². The Balaban J connectivity index is -0.000000792. The van der Waals surface area contributed by atoms with Crippen molar-refractivity contribution in [2.24, 2.45) is 0 Å². The van der Waals surface area contributed by atoms with E-state index in [0.29, 0.717) is 59.5 Å². The van der Waals surface area contributed by atoms with E-state index in [1.165, 1.54) is 13.8 Å². The van der Waals surface area contributed by atoms with E-state index in [0.717, 1.165) is 0 Å². The zero-order valence-electron chi connectivity index (χ0n) is 20.9. The number of rotatable bonds is 21. The van der Waals surface area contributed by atoms with Crippen LogP contribution in [-0.4, -0.2) is 104 Å². The summed E-state index contributed by atoms with van der Waals surface area (Å²) >= 11 is 0. The third-order valence-electron chi connectivity index (χ3n) is 3.04. The molecular formula is C22H48FNO8. The molecule has 0 aromatic rings. The van der Waals surface area contributed by atoms with E-state index in [2.05, 4.69) is 5.32 Å². The van der Waals surface area contributed by atoms with Gasteiger partial charge in [-0.3, -0.25) is 9.59 Å². The fraction of sp³-hybridized carbons (Fsp3) is 0.909. The summed E-state index contributed by atoms with van der Waals surface area (Å²) < 4.78 is 44.6. The smallest absolute Gasteiger partial charge is 0.216 e. The van der Waals surface area contributed by atoms with Gasteiger partial charge in [0, 0.05) is 8.35 Å². The minimum Gasteiger partial charge on any atom is -0.377 e. The van der Waals surface area contributed by atoms with Crippen molar-refractivity contribution in [1.29, 1.82) is 0 Å². The molecule has 1 amide bonds. The molecule has 0 rings (SSSR count). The van der Waals surface area contributed by atoms with Crippen LogP contribution in [0.25, 0.3) is 0 Å². The molecule has 0 saturated heterocycles. The molecule has 1 atom stereocenters. The van der Waals surface area contributed by atoms with Gasteiger partial charge in [0.1, 0.15) is 12.8 Å². The van der Waals surface area contributed by atoms with Crippen LogP contribution < -0.4 is 5.32 Å². The molecule has 1 N–H and O–H groups in total. The number of carbonyl (C=O) groups is 2. The molecule has 0 fully saturated rings. The summed E-state index contributed by atoms with van der Waals surface area (Å²) in [6.07, 6.45) is -1.22. The Morgan fingerprint density at radius 3 is 1.38 bits per heavy atom. The van der Waals surface area contributed by atoms with E-state index in [4.69, 9.17) is 28.4 Å². The molecule has 0 bridgehead atoms. The summed E-state index contributed by atoms with van der Waals surface area (Å²) in [5.74, 6) is -0.274. The predicted molar refractivity (Wildman–Crippen MR) is 124 cm³/mol. The summed E-state index contributed by atoms with van der Waals surface area (Å²) in [5.41, 5.74) is 0.